The second-order valence-electron chi connectivity index (χ2n) is 8.68. The molecular weight excluding hydrogens is 352 g/mol. The monoisotopic (exact) mass is 388 g/mol. The van der Waals surface area contributed by atoms with E-state index in [0.29, 0.717) is 24.1 Å². The van der Waals surface area contributed by atoms with E-state index in [-0.39, 0.29) is 11.8 Å². The second-order valence-corrected chi connectivity index (χ2v) is 8.68. The fourth-order valence-electron chi connectivity index (χ4n) is 4.57. The van der Waals surface area contributed by atoms with Gasteiger partial charge in [-0.3, -0.25) is 9.59 Å². The summed E-state index contributed by atoms with van der Waals surface area (Å²) < 4.78 is 0. The number of amides is 2. The molecule has 3 rings (SSSR count). The quantitative estimate of drug-likeness (QED) is 0.755. The molecule has 2 aliphatic rings. The number of nitrogens with one attached hydrogen (secondary N) is 2. The number of hydrogen-bond acceptors (Lipinski definition) is 3. The van der Waals surface area contributed by atoms with E-state index in [1.165, 1.54) is 25.9 Å². The summed E-state index contributed by atoms with van der Waals surface area (Å²) in [6.45, 7) is 10.8. The Kier molecular flexibility index (Phi) is 7.16. The highest BCUT2D eigenvalue weighted by Gasteiger charge is 2.26. The predicted molar refractivity (Wildman–Crippen MR) is 111 cm³/mol. The summed E-state index contributed by atoms with van der Waals surface area (Å²) in [5, 5.41) is 3.10. The van der Waals surface area contributed by atoms with Gasteiger partial charge in [0.2, 0.25) is 5.91 Å². The molecule has 6 heteroatoms. The van der Waals surface area contributed by atoms with Gasteiger partial charge in [0.15, 0.2) is 0 Å². The maximum Gasteiger partial charge on any atom is 0.270 e. The van der Waals surface area contributed by atoms with Crippen molar-refractivity contribution < 1.29 is 9.59 Å². The third-order valence-corrected chi connectivity index (χ3v) is 6.39. The van der Waals surface area contributed by atoms with Crippen molar-refractivity contribution in [1.29, 1.82) is 0 Å². The standard InChI is InChI=1S/C22H36N4O2/c1-16-14-17(2)24-21(16)22(28)26-12-7-19(8-13-26)15-20(27)23-9-6-18(3)25-10-4-5-11-25/h14,18-19,24H,4-13,15H2,1-3H3,(H,23,27)/t18-/m0/s1. The molecule has 0 saturated carbocycles. The van der Waals surface area contributed by atoms with E-state index in [4.69, 9.17) is 0 Å². The van der Waals surface area contributed by atoms with Crippen LogP contribution >= 0.6 is 0 Å². The van der Waals surface area contributed by atoms with Crippen molar-refractivity contribution in [1.82, 2.24) is 20.1 Å². The zero-order chi connectivity index (χ0) is 20.1. The Morgan fingerprint density at radius 3 is 2.46 bits per heavy atom. The molecule has 0 aliphatic carbocycles. The van der Waals surface area contributed by atoms with E-state index in [1.807, 2.05) is 24.8 Å². The molecule has 2 amide bonds. The summed E-state index contributed by atoms with van der Waals surface area (Å²) >= 11 is 0. The van der Waals surface area contributed by atoms with Crippen LogP contribution in [-0.2, 0) is 4.79 Å². The van der Waals surface area contributed by atoms with Gasteiger partial charge in [0.05, 0.1) is 0 Å². The van der Waals surface area contributed by atoms with Crippen molar-refractivity contribution in [3.63, 3.8) is 0 Å². The summed E-state index contributed by atoms with van der Waals surface area (Å²) in [6.07, 6.45) is 6.03. The number of likely N-dealkylation sites (tertiary alicyclic amines) is 2. The highest BCUT2D eigenvalue weighted by Crippen LogP contribution is 2.23. The molecule has 6 nitrogen and oxygen atoms in total. The number of nitrogens with zero attached hydrogens (tertiary/aromatic N) is 2. The first kappa shape index (κ1) is 20.9. The van der Waals surface area contributed by atoms with E-state index in [0.717, 1.165) is 50.2 Å². The highest BCUT2D eigenvalue weighted by molar-refractivity contribution is 5.94. The number of H-pyrrole nitrogens is 1. The summed E-state index contributed by atoms with van der Waals surface area (Å²) in [5.41, 5.74) is 2.74. The predicted octanol–water partition coefficient (Wildman–Crippen LogP) is 2.86. The zero-order valence-electron chi connectivity index (χ0n) is 17.7. The van der Waals surface area contributed by atoms with Crippen LogP contribution in [0.2, 0.25) is 0 Å². The highest BCUT2D eigenvalue weighted by atomic mass is 16.2. The van der Waals surface area contributed by atoms with Crippen molar-refractivity contribution in [3.8, 4) is 0 Å². The molecule has 0 aromatic carbocycles. The van der Waals surface area contributed by atoms with Crippen LogP contribution in [0.5, 0.6) is 0 Å². The lowest BCUT2D eigenvalue weighted by Crippen LogP contribution is -2.40. The molecule has 0 unspecified atom stereocenters. The van der Waals surface area contributed by atoms with Crippen molar-refractivity contribution in [2.24, 2.45) is 5.92 Å². The number of carbonyl (C=O) groups is 2. The fraction of sp³-hybridized carbons (Fsp3) is 0.727. The third kappa shape index (κ3) is 5.37. The zero-order valence-corrected chi connectivity index (χ0v) is 17.7. The van der Waals surface area contributed by atoms with Gasteiger partial charge in [-0.15, -0.1) is 0 Å². The van der Waals surface area contributed by atoms with E-state index in [9.17, 15) is 9.59 Å². The summed E-state index contributed by atoms with van der Waals surface area (Å²) in [5.74, 6) is 0.630. The lowest BCUT2D eigenvalue weighted by molar-refractivity contribution is -0.122. The molecule has 2 N–H and O–H groups in total. The molecule has 28 heavy (non-hydrogen) atoms. The maximum absolute atomic E-state index is 12.7. The number of rotatable bonds is 7. The maximum atomic E-state index is 12.7. The number of piperidine rings is 1. The molecular formula is C22H36N4O2. The van der Waals surface area contributed by atoms with E-state index in [1.54, 1.807) is 0 Å². The van der Waals surface area contributed by atoms with Crippen LogP contribution in [0.25, 0.3) is 0 Å². The van der Waals surface area contributed by atoms with Crippen molar-refractivity contribution in [2.45, 2.75) is 65.3 Å². The van der Waals surface area contributed by atoms with Crippen molar-refractivity contribution in [2.75, 3.05) is 32.7 Å². The smallest absolute Gasteiger partial charge is 0.270 e. The molecule has 3 heterocycles. The van der Waals surface area contributed by atoms with Gasteiger partial charge in [0, 0.05) is 37.8 Å². The Balaban J connectivity index is 1.35. The van der Waals surface area contributed by atoms with Crippen LogP contribution < -0.4 is 5.32 Å². The molecule has 0 spiro atoms. The Labute approximate surface area is 169 Å². The van der Waals surface area contributed by atoms with Gasteiger partial charge in [-0.1, -0.05) is 0 Å². The largest absolute Gasteiger partial charge is 0.356 e. The summed E-state index contributed by atoms with van der Waals surface area (Å²) in [7, 11) is 0. The first-order chi connectivity index (χ1) is 13.4. The van der Waals surface area contributed by atoms with Crippen molar-refractivity contribution in [3.05, 3.63) is 23.0 Å². The minimum Gasteiger partial charge on any atom is -0.356 e. The fourth-order valence-corrected chi connectivity index (χ4v) is 4.57. The molecule has 1 atom stereocenters. The average Bonchev–Trinajstić information content (AvgIpc) is 3.31. The molecule has 0 bridgehead atoms. The Bertz CT molecular complexity index is 670. The lowest BCUT2D eigenvalue weighted by Gasteiger charge is -2.31. The van der Waals surface area contributed by atoms with Crippen LogP contribution in [0.3, 0.4) is 0 Å². The summed E-state index contributed by atoms with van der Waals surface area (Å²) in [6, 6.07) is 2.56. The van der Waals surface area contributed by atoms with Gasteiger partial charge in [-0.05, 0) is 83.5 Å². The van der Waals surface area contributed by atoms with Gasteiger partial charge in [0.1, 0.15) is 5.69 Å². The number of aromatic nitrogens is 1. The van der Waals surface area contributed by atoms with Crippen LogP contribution in [0.15, 0.2) is 6.07 Å². The number of aromatic amines is 1. The number of carbonyl (C=O) groups excluding carboxylic acids is 2. The normalized spacial score (nSPS) is 19.8. The number of hydrogen-bond donors (Lipinski definition) is 2. The molecule has 2 saturated heterocycles. The molecule has 1 aromatic rings. The molecule has 156 valence electrons. The van der Waals surface area contributed by atoms with Crippen molar-refractivity contribution >= 4 is 11.8 Å². The average molecular weight is 389 g/mol. The Morgan fingerprint density at radius 2 is 1.86 bits per heavy atom. The van der Waals surface area contributed by atoms with Crippen LogP contribution in [-0.4, -0.2) is 65.4 Å². The topological polar surface area (TPSA) is 68.4 Å². The van der Waals surface area contributed by atoms with Gasteiger partial charge >= 0.3 is 0 Å². The van der Waals surface area contributed by atoms with Crippen LogP contribution in [0.1, 0.15) is 67.2 Å². The minimum absolute atomic E-state index is 0.0874. The minimum atomic E-state index is 0.0874. The first-order valence-corrected chi connectivity index (χ1v) is 10.9. The van der Waals surface area contributed by atoms with Gasteiger partial charge < -0.3 is 20.1 Å². The van der Waals surface area contributed by atoms with Gasteiger partial charge in [0.25, 0.3) is 5.91 Å². The molecule has 1 aromatic heterocycles. The molecule has 2 fully saturated rings. The lowest BCUT2D eigenvalue weighted by atomic mass is 9.93. The molecule has 0 radical (unpaired) electrons. The van der Waals surface area contributed by atoms with Gasteiger partial charge in [-0.25, -0.2) is 0 Å². The SMILES string of the molecule is Cc1cc(C)c(C(=O)N2CCC(CC(=O)NCC[C@H](C)N3CCCC3)CC2)[nH]1. The van der Waals surface area contributed by atoms with Crippen LogP contribution in [0.4, 0.5) is 0 Å². The summed E-state index contributed by atoms with van der Waals surface area (Å²) in [4.78, 5) is 32.6. The van der Waals surface area contributed by atoms with E-state index < -0.39 is 0 Å². The third-order valence-electron chi connectivity index (χ3n) is 6.39. The second kappa shape index (κ2) is 9.59. The Hall–Kier alpha value is -1.82. The van der Waals surface area contributed by atoms with Gasteiger partial charge in [-0.2, -0.15) is 0 Å². The first-order valence-electron chi connectivity index (χ1n) is 10.9. The Morgan fingerprint density at radius 1 is 1.18 bits per heavy atom. The molecule has 2 aliphatic heterocycles. The van der Waals surface area contributed by atoms with E-state index >= 15 is 0 Å². The van der Waals surface area contributed by atoms with Crippen LogP contribution in [0, 0.1) is 19.8 Å². The van der Waals surface area contributed by atoms with E-state index in [2.05, 4.69) is 22.1 Å². The number of aryl methyl sites for hydroxylation is 2.